The molecular formula is C26H24O4. The second-order valence-electron chi connectivity index (χ2n) is 7.05. The Morgan fingerprint density at radius 3 is 2.00 bits per heavy atom. The quantitative estimate of drug-likeness (QED) is 0.365. The van der Waals surface area contributed by atoms with Gasteiger partial charge >= 0.3 is 0 Å². The van der Waals surface area contributed by atoms with Crippen molar-refractivity contribution >= 4 is 23.1 Å². The minimum atomic E-state index is 0.747. The number of methoxy groups -OCH3 is 3. The lowest BCUT2D eigenvalue weighted by Gasteiger charge is -2.06. The topological polar surface area (TPSA) is 40.8 Å². The molecular weight excluding hydrogens is 376 g/mol. The zero-order chi connectivity index (χ0) is 21.1. The molecule has 0 bridgehead atoms. The predicted molar refractivity (Wildman–Crippen MR) is 121 cm³/mol. The van der Waals surface area contributed by atoms with Crippen molar-refractivity contribution in [2.75, 3.05) is 21.3 Å². The van der Waals surface area contributed by atoms with E-state index in [0.717, 1.165) is 50.7 Å². The van der Waals surface area contributed by atoms with Gasteiger partial charge in [0.1, 0.15) is 28.6 Å². The lowest BCUT2D eigenvalue weighted by Crippen LogP contribution is -1.88. The average molecular weight is 400 g/mol. The number of rotatable bonds is 6. The highest BCUT2D eigenvalue weighted by molar-refractivity contribution is 5.97. The van der Waals surface area contributed by atoms with Crippen molar-refractivity contribution in [2.45, 2.75) is 6.92 Å². The standard InChI is InChI=1S/C26H24O4/c1-17-5-12-25-24(13-17)23(26(30-25)19-7-9-20(27-2)10-8-19)11-6-18-14-21(28-3)16-22(15-18)29-4/h5-16H,1-4H3/b11-6+. The van der Waals surface area contributed by atoms with Crippen molar-refractivity contribution in [1.82, 2.24) is 0 Å². The molecule has 0 aliphatic heterocycles. The second kappa shape index (κ2) is 8.37. The number of fused-ring (bicyclic) bond motifs is 1. The summed E-state index contributed by atoms with van der Waals surface area (Å²) in [7, 11) is 4.96. The van der Waals surface area contributed by atoms with E-state index in [1.54, 1.807) is 21.3 Å². The summed E-state index contributed by atoms with van der Waals surface area (Å²) in [4.78, 5) is 0. The first-order valence-corrected chi connectivity index (χ1v) is 9.70. The number of benzene rings is 3. The SMILES string of the molecule is COc1ccc(-c2oc3ccc(C)cc3c2/C=C/c2cc(OC)cc(OC)c2)cc1. The Morgan fingerprint density at radius 2 is 1.37 bits per heavy atom. The maximum Gasteiger partial charge on any atom is 0.142 e. The number of ether oxygens (including phenoxy) is 3. The van der Waals surface area contributed by atoms with E-state index in [0.29, 0.717) is 0 Å². The second-order valence-corrected chi connectivity index (χ2v) is 7.05. The van der Waals surface area contributed by atoms with Gasteiger partial charge < -0.3 is 18.6 Å². The molecule has 0 saturated carbocycles. The van der Waals surface area contributed by atoms with Crippen LogP contribution in [0.5, 0.6) is 17.2 Å². The largest absolute Gasteiger partial charge is 0.497 e. The van der Waals surface area contributed by atoms with E-state index in [-0.39, 0.29) is 0 Å². The number of hydrogen-bond donors (Lipinski definition) is 0. The van der Waals surface area contributed by atoms with E-state index in [1.165, 1.54) is 5.56 Å². The van der Waals surface area contributed by atoms with Crippen molar-refractivity contribution in [2.24, 2.45) is 0 Å². The molecule has 0 atom stereocenters. The highest BCUT2D eigenvalue weighted by Gasteiger charge is 2.14. The Hall–Kier alpha value is -3.66. The molecule has 0 aliphatic carbocycles. The van der Waals surface area contributed by atoms with Crippen LogP contribution in [0.3, 0.4) is 0 Å². The Kier molecular flexibility index (Phi) is 5.48. The fraction of sp³-hybridized carbons (Fsp3) is 0.154. The van der Waals surface area contributed by atoms with Crippen molar-refractivity contribution < 1.29 is 18.6 Å². The summed E-state index contributed by atoms with van der Waals surface area (Å²) in [6.45, 7) is 2.08. The van der Waals surface area contributed by atoms with Crippen molar-refractivity contribution in [1.29, 1.82) is 0 Å². The Morgan fingerprint density at radius 1 is 0.700 bits per heavy atom. The van der Waals surface area contributed by atoms with Crippen LogP contribution >= 0.6 is 0 Å². The van der Waals surface area contributed by atoms with Crippen LogP contribution in [-0.4, -0.2) is 21.3 Å². The van der Waals surface area contributed by atoms with Crippen LogP contribution in [0.25, 0.3) is 34.4 Å². The minimum Gasteiger partial charge on any atom is -0.497 e. The van der Waals surface area contributed by atoms with Crippen LogP contribution in [0.1, 0.15) is 16.7 Å². The molecule has 0 fully saturated rings. The normalized spacial score (nSPS) is 11.2. The van der Waals surface area contributed by atoms with Gasteiger partial charge in [0.15, 0.2) is 0 Å². The van der Waals surface area contributed by atoms with Gasteiger partial charge in [-0.15, -0.1) is 0 Å². The van der Waals surface area contributed by atoms with Gasteiger partial charge in [0.2, 0.25) is 0 Å². The van der Waals surface area contributed by atoms with Gasteiger partial charge in [0, 0.05) is 22.6 Å². The highest BCUT2D eigenvalue weighted by Crippen LogP contribution is 2.36. The van der Waals surface area contributed by atoms with Crippen molar-refractivity contribution in [3.8, 4) is 28.6 Å². The zero-order valence-corrected chi connectivity index (χ0v) is 17.6. The molecule has 0 radical (unpaired) electrons. The summed E-state index contributed by atoms with van der Waals surface area (Å²) in [6, 6.07) is 19.9. The summed E-state index contributed by atoms with van der Waals surface area (Å²) < 4.78 is 22.3. The van der Waals surface area contributed by atoms with Crippen LogP contribution in [0.15, 0.2) is 65.1 Å². The molecule has 1 aromatic heterocycles. The molecule has 152 valence electrons. The van der Waals surface area contributed by atoms with Gasteiger partial charge in [-0.25, -0.2) is 0 Å². The first-order valence-electron chi connectivity index (χ1n) is 9.70. The van der Waals surface area contributed by atoms with E-state index in [2.05, 4.69) is 25.1 Å². The highest BCUT2D eigenvalue weighted by atomic mass is 16.5. The van der Waals surface area contributed by atoms with E-state index >= 15 is 0 Å². The first-order chi connectivity index (χ1) is 14.6. The van der Waals surface area contributed by atoms with Crippen LogP contribution in [0, 0.1) is 6.92 Å². The molecule has 0 unspecified atom stereocenters. The molecule has 4 rings (SSSR count). The molecule has 0 spiro atoms. The third-order valence-electron chi connectivity index (χ3n) is 5.05. The number of aryl methyl sites for hydroxylation is 1. The average Bonchev–Trinajstić information content (AvgIpc) is 3.15. The van der Waals surface area contributed by atoms with Gasteiger partial charge in [-0.05, 0) is 67.1 Å². The smallest absolute Gasteiger partial charge is 0.142 e. The Balaban J connectivity index is 1.84. The third kappa shape index (κ3) is 3.90. The fourth-order valence-electron chi connectivity index (χ4n) is 3.46. The van der Waals surface area contributed by atoms with Crippen LogP contribution in [0.2, 0.25) is 0 Å². The summed E-state index contributed by atoms with van der Waals surface area (Å²) >= 11 is 0. The molecule has 0 aliphatic rings. The molecule has 30 heavy (non-hydrogen) atoms. The maximum absolute atomic E-state index is 6.25. The van der Waals surface area contributed by atoms with E-state index in [1.807, 2.05) is 54.6 Å². The van der Waals surface area contributed by atoms with Crippen LogP contribution in [0.4, 0.5) is 0 Å². The summed E-state index contributed by atoms with van der Waals surface area (Å²) in [5.74, 6) is 3.13. The molecule has 1 heterocycles. The first kappa shape index (κ1) is 19.6. The van der Waals surface area contributed by atoms with Gasteiger partial charge in [0.25, 0.3) is 0 Å². The summed E-state index contributed by atoms with van der Waals surface area (Å²) in [5, 5.41) is 1.08. The maximum atomic E-state index is 6.25. The van der Waals surface area contributed by atoms with Gasteiger partial charge in [-0.1, -0.05) is 17.7 Å². The third-order valence-corrected chi connectivity index (χ3v) is 5.05. The lowest BCUT2D eigenvalue weighted by atomic mass is 10.0. The summed E-state index contributed by atoms with van der Waals surface area (Å²) in [6.07, 6.45) is 4.13. The van der Waals surface area contributed by atoms with Crippen LogP contribution in [-0.2, 0) is 0 Å². The monoisotopic (exact) mass is 400 g/mol. The van der Waals surface area contributed by atoms with Gasteiger partial charge in [-0.2, -0.15) is 0 Å². The van der Waals surface area contributed by atoms with Crippen molar-refractivity contribution in [3.05, 3.63) is 77.4 Å². The van der Waals surface area contributed by atoms with Gasteiger partial charge in [-0.3, -0.25) is 0 Å². The predicted octanol–water partition coefficient (Wildman–Crippen LogP) is 6.60. The molecule has 4 nitrogen and oxygen atoms in total. The van der Waals surface area contributed by atoms with E-state index in [9.17, 15) is 0 Å². The molecule has 0 N–H and O–H groups in total. The minimum absolute atomic E-state index is 0.747. The zero-order valence-electron chi connectivity index (χ0n) is 17.6. The number of hydrogen-bond acceptors (Lipinski definition) is 4. The van der Waals surface area contributed by atoms with Crippen molar-refractivity contribution in [3.63, 3.8) is 0 Å². The molecule has 4 aromatic rings. The fourth-order valence-corrected chi connectivity index (χ4v) is 3.46. The van der Waals surface area contributed by atoms with Crippen LogP contribution < -0.4 is 14.2 Å². The molecule has 3 aromatic carbocycles. The molecule has 4 heteroatoms. The Bertz CT molecular complexity index is 1180. The Labute approximate surface area is 176 Å². The molecule has 0 saturated heterocycles. The summed E-state index contributed by atoms with van der Waals surface area (Å²) in [5.41, 5.74) is 5.04. The van der Waals surface area contributed by atoms with E-state index < -0.39 is 0 Å². The van der Waals surface area contributed by atoms with Gasteiger partial charge in [0.05, 0.1) is 21.3 Å². The lowest BCUT2D eigenvalue weighted by molar-refractivity contribution is 0.394. The van der Waals surface area contributed by atoms with E-state index in [4.69, 9.17) is 18.6 Å². The molecule has 0 amide bonds. The number of furan rings is 1.